The van der Waals surface area contributed by atoms with Crippen LogP contribution in [0.4, 0.5) is 17.1 Å². The van der Waals surface area contributed by atoms with Crippen molar-refractivity contribution in [2.24, 2.45) is 9.98 Å². The van der Waals surface area contributed by atoms with Crippen molar-refractivity contribution < 1.29 is 48.6 Å². The number of carbonyl (C=O) groups is 1. The summed E-state index contributed by atoms with van der Waals surface area (Å²) in [4.78, 5) is 20.0. The van der Waals surface area contributed by atoms with Gasteiger partial charge < -0.3 is 20.1 Å². The monoisotopic (exact) mass is 746 g/mol. The van der Waals surface area contributed by atoms with Crippen molar-refractivity contribution in [3.63, 3.8) is 0 Å². The van der Waals surface area contributed by atoms with Crippen LogP contribution in [0, 0.1) is 0 Å². The second-order valence-corrected chi connectivity index (χ2v) is 15.8. The molecule has 0 saturated carbocycles. The summed E-state index contributed by atoms with van der Waals surface area (Å²) in [5.74, 6) is -2.01. The number of fused-ring (bicyclic) bond motifs is 4. The molecule has 0 fully saturated rings. The van der Waals surface area contributed by atoms with Crippen LogP contribution in [-0.2, 0) is 34.9 Å². The predicted octanol–water partition coefficient (Wildman–Crippen LogP) is 3.85. The largest absolute Gasteiger partial charge is 0.450 e. The van der Waals surface area contributed by atoms with E-state index < -0.39 is 62.8 Å². The number of hydrogen-bond acceptors (Lipinski definition) is 12. The minimum Gasteiger partial charge on any atom is -0.450 e. The van der Waals surface area contributed by atoms with Crippen LogP contribution in [0.15, 0.2) is 62.1 Å². The number of carbonyl (C=O) groups excluding carboxylic acids is 1. The fourth-order valence-corrected chi connectivity index (χ4v) is 7.82. The maximum Gasteiger partial charge on any atom is 0.300 e. The van der Waals surface area contributed by atoms with E-state index in [0.29, 0.717) is 5.41 Å². The fraction of sp³-hybridized carbons (Fsp3) is 0.222. The van der Waals surface area contributed by atoms with Gasteiger partial charge in [-0.25, -0.2) is 18.4 Å². The number of benzene rings is 3. The Morgan fingerprint density at radius 3 is 2.02 bits per heavy atom. The summed E-state index contributed by atoms with van der Waals surface area (Å²) in [5.41, 5.74) is -0.295. The van der Waals surface area contributed by atoms with E-state index in [2.05, 4.69) is 27.2 Å². The summed E-state index contributed by atoms with van der Waals surface area (Å²) in [7, 11) is -13.6. The summed E-state index contributed by atoms with van der Waals surface area (Å²) in [6, 6.07) is 5.66. The molecular formula is C27H24Cl2N4O11S3. The smallest absolute Gasteiger partial charge is 0.300 e. The van der Waals surface area contributed by atoms with Crippen LogP contribution < -0.4 is 30.8 Å². The quantitative estimate of drug-likeness (QED) is 0.149. The Balaban J connectivity index is 1.53. The van der Waals surface area contributed by atoms with Gasteiger partial charge in [0.2, 0.25) is 5.91 Å². The maximum absolute atomic E-state index is 12.6. The highest BCUT2D eigenvalue weighted by Gasteiger charge is 2.34. The van der Waals surface area contributed by atoms with Gasteiger partial charge in [0, 0.05) is 18.0 Å². The van der Waals surface area contributed by atoms with Crippen LogP contribution in [0.3, 0.4) is 0 Å². The zero-order chi connectivity index (χ0) is 34.6. The molecule has 2 atom stereocenters. The molecule has 15 nitrogen and oxygen atoms in total. The van der Waals surface area contributed by atoms with E-state index in [1.165, 1.54) is 31.2 Å². The average Bonchev–Trinajstić information content (AvgIpc) is 2.99. The van der Waals surface area contributed by atoms with E-state index in [0.717, 1.165) is 6.07 Å². The molecule has 0 radical (unpaired) electrons. The molecule has 4 N–H and O–H groups in total. The second kappa shape index (κ2) is 12.3. The van der Waals surface area contributed by atoms with Crippen LogP contribution in [0.1, 0.15) is 20.3 Å². The molecule has 47 heavy (non-hydrogen) atoms. The maximum atomic E-state index is 12.6. The third-order valence-corrected chi connectivity index (χ3v) is 11.3. The lowest BCUT2D eigenvalue weighted by atomic mass is 10.2. The van der Waals surface area contributed by atoms with Gasteiger partial charge in [-0.3, -0.25) is 13.9 Å². The number of rotatable bonds is 10. The number of amides is 1. The number of ether oxygens (including phenoxy) is 2. The first-order valence-electron chi connectivity index (χ1n) is 13.4. The molecule has 0 saturated heterocycles. The predicted molar refractivity (Wildman–Crippen MR) is 170 cm³/mol. The van der Waals surface area contributed by atoms with Crippen molar-refractivity contribution in [2.75, 3.05) is 11.9 Å². The minimum absolute atomic E-state index is 0.00627. The van der Waals surface area contributed by atoms with Gasteiger partial charge in [-0.05, 0) is 37.6 Å². The van der Waals surface area contributed by atoms with Crippen molar-refractivity contribution in [3.8, 4) is 23.0 Å². The molecule has 0 bridgehead atoms. The molecule has 20 heteroatoms. The Morgan fingerprint density at radius 1 is 0.915 bits per heavy atom. The Labute approximate surface area is 278 Å². The van der Waals surface area contributed by atoms with Gasteiger partial charge in [0.05, 0.1) is 5.69 Å². The SMILES string of the molecule is C=CS(=O)(=O)C(CC)C(=O)NC(C)CNc1ccc2c(c1S(=O)(=O)O)Oc1c(Cl)c3c(c(Cl)c1=N2)Oc1c(cccc1S(=O)(=O)O)N=3. The van der Waals surface area contributed by atoms with Crippen LogP contribution in [0.25, 0.3) is 0 Å². The van der Waals surface area contributed by atoms with Crippen molar-refractivity contribution in [2.45, 2.75) is 41.4 Å². The van der Waals surface area contributed by atoms with Crippen LogP contribution in [0.5, 0.6) is 23.0 Å². The lowest BCUT2D eigenvalue weighted by Gasteiger charge is -2.24. The van der Waals surface area contributed by atoms with E-state index in [4.69, 9.17) is 32.7 Å². The van der Waals surface area contributed by atoms with Gasteiger partial charge in [-0.15, -0.1) is 0 Å². The highest BCUT2D eigenvalue weighted by atomic mass is 35.5. The zero-order valence-electron chi connectivity index (χ0n) is 24.2. The molecule has 3 aromatic carbocycles. The number of sulfone groups is 1. The number of para-hydroxylation sites is 1. The number of halogens is 2. The zero-order valence-corrected chi connectivity index (χ0v) is 28.1. The van der Waals surface area contributed by atoms with Crippen molar-refractivity contribution >= 4 is 76.2 Å². The molecule has 2 unspecified atom stereocenters. The number of nitrogens with zero attached hydrogens (tertiary/aromatic N) is 2. The first-order valence-corrected chi connectivity index (χ1v) is 18.6. The van der Waals surface area contributed by atoms with Crippen molar-refractivity contribution in [1.29, 1.82) is 0 Å². The molecule has 5 rings (SSSR count). The first kappa shape index (κ1) is 34.6. The van der Waals surface area contributed by atoms with Gasteiger partial charge in [0.15, 0.2) is 37.7 Å². The average molecular weight is 748 g/mol. The normalized spacial score (nSPS) is 14.7. The lowest BCUT2D eigenvalue weighted by molar-refractivity contribution is -0.121. The van der Waals surface area contributed by atoms with Gasteiger partial charge in [0.25, 0.3) is 20.2 Å². The van der Waals surface area contributed by atoms with E-state index in [9.17, 15) is 39.2 Å². The Hall–Kier alpha value is -3.78. The molecule has 2 heterocycles. The molecule has 2 aliphatic heterocycles. The highest BCUT2D eigenvalue weighted by Crippen LogP contribution is 2.47. The molecule has 2 aliphatic rings. The minimum atomic E-state index is -5.02. The molecule has 3 aromatic rings. The summed E-state index contributed by atoms with van der Waals surface area (Å²) in [6.45, 7) is 6.18. The molecule has 250 valence electrons. The van der Waals surface area contributed by atoms with Crippen LogP contribution in [0.2, 0.25) is 10.0 Å². The van der Waals surface area contributed by atoms with Gasteiger partial charge in [-0.1, -0.05) is 42.8 Å². The summed E-state index contributed by atoms with van der Waals surface area (Å²) >= 11 is 13.2. The summed E-state index contributed by atoms with van der Waals surface area (Å²) in [5, 5.41) is 3.93. The summed E-state index contributed by atoms with van der Waals surface area (Å²) < 4.78 is 105. The van der Waals surface area contributed by atoms with Crippen LogP contribution >= 0.6 is 23.2 Å². The number of hydrogen-bond donors (Lipinski definition) is 4. The fourth-order valence-electron chi connectivity index (χ4n) is 4.82. The topological polar surface area (TPSA) is 227 Å². The standard InChI is InChI=1S/C27H24Cl2N4O11S3/c1-4-16(45(35,36)5-2)27(34)31-12(3)11-30-15-10-9-14-23(26(15)47(40,41)42)44-25-19(29)20-24(18(28)21(25)33-14)43-22-13(32-20)7-6-8-17(22)46(37,38)39/h5-10,12,16,30H,2,4,11H2,1,3H3,(H,31,34)(H,37,38,39)(H,40,41,42). The van der Waals surface area contributed by atoms with Crippen molar-refractivity contribution in [3.05, 3.63) is 63.1 Å². The van der Waals surface area contributed by atoms with Crippen LogP contribution in [-0.4, -0.2) is 58.1 Å². The molecular weight excluding hydrogens is 723 g/mol. The van der Waals surface area contributed by atoms with Gasteiger partial charge in [-0.2, -0.15) is 16.8 Å². The van der Waals surface area contributed by atoms with Crippen molar-refractivity contribution in [1.82, 2.24) is 5.32 Å². The first-order chi connectivity index (χ1) is 21.9. The number of anilines is 1. The second-order valence-electron chi connectivity index (χ2n) is 10.2. The van der Waals surface area contributed by atoms with E-state index >= 15 is 0 Å². The highest BCUT2D eigenvalue weighted by molar-refractivity contribution is 7.95. The Morgan fingerprint density at radius 2 is 1.49 bits per heavy atom. The Bertz CT molecular complexity index is 2330. The molecule has 0 spiro atoms. The lowest BCUT2D eigenvalue weighted by Crippen LogP contribution is -2.45. The van der Waals surface area contributed by atoms with Gasteiger partial charge in [0.1, 0.15) is 42.3 Å². The Kier molecular flexibility index (Phi) is 9.08. The molecule has 1 amide bonds. The third kappa shape index (κ3) is 6.41. The van der Waals surface area contributed by atoms with Gasteiger partial charge >= 0.3 is 0 Å². The van der Waals surface area contributed by atoms with E-state index in [1.807, 2.05) is 0 Å². The molecule has 0 aromatic heterocycles. The third-order valence-electron chi connectivity index (χ3n) is 6.98. The van der Waals surface area contributed by atoms with E-state index in [-0.39, 0.29) is 68.0 Å². The summed E-state index contributed by atoms with van der Waals surface area (Å²) in [6.07, 6.45) is -0.00627. The molecule has 0 aliphatic carbocycles. The van der Waals surface area contributed by atoms with E-state index in [1.54, 1.807) is 6.92 Å². The number of nitrogens with one attached hydrogen (secondary N) is 2.